The van der Waals surface area contributed by atoms with Crippen molar-refractivity contribution in [2.75, 3.05) is 25.0 Å². The minimum absolute atomic E-state index is 0.00650. The summed E-state index contributed by atoms with van der Waals surface area (Å²) in [5.41, 5.74) is 1.93. The maximum atomic E-state index is 13.8. The highest BCUT2D eigenvalue weighted by Crippen LogP contribution is 2.24. The Labute approximate surface area is 193 Å². The van der Waals surface area contributed by atoms with Crippen LogP contribution in [0.3, 0.4) is 0 Å². The molecule has 0 aromatic heterocycles. The lowest BCUT2D eigenvalue weighted by Crippen LogP contribution is -2.57. The summed E-state index contributed by atoms with van der Waals surface area (Å²) in [6, 6.07) is 12.3. The number of ether oxygens (including phenoxy) is 1. The molecule has 7 heteroatoms. The van der Waals surface area contributed by atoms with Crippen LogP contribution < -0.4 is 15.4 Å². The summed E-state index contributed by atoms with van der Waals surface area (Å²) in [5.74, 6) is 0.0277. The number of fused-ring (bicyclic) bond motifs is 2. The Hall–Kier alpha value is -3.19. The van der Waals surface area contributed by atoms with Gasteiger partial charge in [-0.05, 0) is 62.9 Å². The number of halogens is 1. The number of para-hydroxylation sites is 1. The normalized spacial score (nSPS) is 22.4. The zero-order valence-electron chi connectivity index (χ0n) is 18.9. The number of nitrogens with zero attached hydrogens (tertiary/aromatic N) is 1. The summed E-state index contributed by atoms with van der Waals surface area (Å²) in [4.78, 5) is 27.5. The van der Waals surface area contributed by atoms with Gasteiger partial charge in [-0.3, -0.25) is 14.5 Å². The van der Waals surface area contributed by atoms with E-state index >= 15 is 0 Å². The quantitative estimate of drug-likeness (QED) is 0.700. The fourth-order valence-electron chi connectivity index (χ4n) is 4.57. The smallest absolute Gasteiger partial charge is 0.258 e. The van der Waals surface area contributed by atoms with E-state index in [0.29, 0.717) is 17.7 Å². The fourth-order valence-corrected chi connectivity index (χ4v) is 4.57. The first-order valence-corrected chi connectivity index (χ1v) is 11.5. The maximum Gasteiger partial charge on any atom is 0.258 e. The van der Waals surface area contributed by atoms with Gasteiger partial charge in [0.15, 0.2) is 6.61 Å². The summed E-state index contributed by atoms with van der Waals surface area (Å²) in [6.45, 7) is 2.55. The van der Waals surface area contributed by atoms with E-state index in [-0.39, 0.29) is 42.9 Å². The highest BCUT2D eigenvalue weighted by atomic mass is 19.1. The predicted octanol–water partition coefficient (Wildman–Crippen LogP) is 3.60. The van der Waals surface area contributed by atoms with E-state index in [2.05, 4.69) is 27.7 Å². The van der Waals surface area contributed by atoms with Crippen molar-refractivity contribution in [3.8, 4) is 5.75 Å². The van der Waals surface area contributed by atoms with Gasteiger partial charge in [-0.15, -0.1) is 0 Å². The van der Waals surface area contributed by atoms with Crippen LogP contribution in [0.25, 0.3) is 0 Å². The van der Waals surface area contributed by atoms with Crippen LogP contribution in [0.1, 0.15) is 30.4 Å². The van der Waals surface area contributed by atoms with E-state index < -0.39 is 0 Å². The van der Waals surface area contributed by atoms with E-state index in [4.69, 9.17) is 4.74 Å². The molecule has 33 heavy (non-hydrogen) atoms. The third-order valence-corrected chi connectivity index (χ3v) is 6.34. The van der Waals surface area contributed by atoms with Crippen LogP contribution in [0.15, 0.2) is 54.6 Å². The molecule has 174 valence electrons. The molecule has 2 aliphatic heterocycles. The van der Waals surface area contributed by atoms with E-state index in [1.54, 1.807) is 19.1 Å². The number of nitrogens with one attached hydrogen (secondary N) is 2. The second kappa shape index (κ2) is 10.6. The van der Waals surface area contributed by atoms with E-state index in [0.717, 1.165) is 37.1 Å². The molecular formula is C26H30FN3O3. The van der Waals surface area contributed by atoms with Crippen molar-refractivity contribution in [3.05, 3.63) is 71.6 Å². The second-order valence-corrected chi connectivity index (χ2v) is 8.62. The van der Waals surface area contributed by atoms with Gasteiger partial charge in [-0.2, -0.15) is 0 Å². The maximum absolute atomic E-state index is 13.8. The molecule has 0 aliphatic carbocycles. The van der Waals surface area contributed by atoms with Crippen molar-refractivity contribution < 1.29 is 18.7 Å². The number of carbonyl (C=O) groups excluding carboxylic acids is 2. The van der Waals surface area contributed by atoms with Gasteiger partial charge in [0.25, 0.3) is 5.91 Å². The van der Waals surface area contributed by atoms with Crippen molar-refractivity contribution in [1.29, 1.82) is 0 Å². The van der Waals surface area contributed by atoms with Gasteiger partial charge < -0.3 is 15.4 Å². The zero-order chi connectivity index (χ0) is 23.2. The lowest BCUT2D eigenvalue weighted by atomic mass is 9.92. The summed E-state index contributed by atoms with van der Waals surface area (Å²) in [6.07, 6.45) is 7.40. The summed E-state index contributed by atoms with van der Waals surface area (Å²) >= 11 is 0. The van der Waals surface area contributed by atoms with Gasteiger partial charge in [-0.25, -0.2) is 4.39 Å². The van der Waals surface area contributed by atoms with Crippen molar-refractivity contribution in [3.63, 3.8) is 0 Å². The molecule has 0 radical (unpaired) electrons. The van der Waals surface area contributed by atoms with E-state index in [9.17, 15) is 14.0 Å². The SMILES string of the molecule is Cc1c(F)cccc1NC(=O)CN1CCC[C@H]2NC(=O)COc3ccccc3C/C=C/C[C@H]21. The Bertz CT molecular complexity index is 1040. The molecule has 2 aromatic carbocycles. The summed E-state index contributed by atoms with van der Waals surface area (Å²) in [5, 5.41) is 5.95. The largest absolute Gasteiger partial charge is 0.483 e. The lowest BCUT2D eigenvalue weighted by molar-refractivity contribution is -0.124. The third kappa shape index (κ3) is 5.79. The molecule has 2 aromatic rings. The minimum Gasteiger partial charge on any atom is -0.483 e. The van der Waals surface area contributed by atoms with Crippen LogP contribution in [0.2, 0.25) is 0 Å². The molecule has 4 rings (SSSR count). The number of carbonyl (C=O) groups is 2. The van der Waals surface area contributed by atoms with Crippen LogP contribution >= 0.6 is 0 Å². The van der Waals surface area contributed by atoms with Gasteiger partial charge in [0.05, 0.1) is 6.54 Å². The van der Waals surface area contributed by atoms with Crippen molar-refractivity contribution >= 4 is 17.5 Å². The Balaban J connectivity index is 1.48. The number of amides is 2. The number of allylic oxidation sites excluding steroid dienone is 1. The lowest BCUT2D eigenvalue weighted by Gasteiger charge is -2.41. The Morgan fingerprint density at radius 1 is 1.21 bits per heavy atom. The third-order valence-electron chi connectivity index (χ3n) is 6.34. The average Bonchev–Trinajstić information content (AvgIpc) is 2.79. The van der Waals surface area contributed by atoms with Gasteiger partial charge in [0.2, 0.25) is 5.91 Å². The first-order chi connectivity index (χ1) is 16.0. The second-order valence-electron chi connectivity index (χ2n) is 8.62. The monoisotopic (exact) mass is 451 g/mol. The van der Waals surface area contributed by atoms with Crippen LogP contribution in [0.5, 0.6) is 5.75 Å². The first-order valence-electron chi connectivity index (χ1n) is 11.5. The predicted molar refractivity (Wildman–Crippen MR) is 126 cm³/mol. The summed E-state index contributed by atoms with van der Waals surface area (Å²) < 4.78 is 19.6. The number of hydrogen-bond donors (Lipinski definition) is 2. The highest BCUT2D eigenvalue weighted by molar-refractivity contribution is 5.93. The number of anilines is 1. The van der Waals surface area contributed by atoms with Crippen LogP contribution in [0.4, 0.5) is 10.1 Å². The molecule has 1 fully saturated rings. The van der Waals surface area contributed by atoms with Crippen LogP contribution in [0, 0.1) is 12.7 Å². The molecule has 0 unspecified atom stereocenters. The molecule has 2 N–H and O–H groups in total. The molecule has 1 saturated heterocycles. The van der Waals surface area contributed by atoms with Gasteiger partial charge >= 0.3 is 0 Å². The molecule has 0 bridgehead atoms. The van der Waals surface area contributed by atoms with Crippen molar-refractivity contribution in [2.24, 2.45) is 0 Å². The molecule has 2 amide bonds. The minimum atomic E-state index is -0.346. The van der Waals surface area contributed by atoms with Gasteiger partial charge in [0.1, 0.15) is 11.6 Å². The van der Waals surface area contributed by atoms with Gasteiger partial charge in [0, 0.05) is 23.3 Å². The molecule has 0 spiro atoms. The van der Waals surface area contributed by atoms with Crippen molar-refractivity contribution in [1.82, 2.24) is 10.2 Å². The first kappa shape index (κ1) is 23.0. The Kier molecular flexibility index (Phi) is 7.40. The molecule has 2 atom stereocenters. The molecule has 0 saturated carbocycles. The number of likely N-dealkylation sites (tertiary alicyclic amines) is 1. The summed E-state index contributed by atoms with van der Waals surface area (Å²) in [7, 11) is 0. The standard InChI is InChI=1S/C26H30FN3O3/c1-18-20(27)10-6-11-21(18)28-25(31)16-30-15-7-12-22-23(30)13-4-2-8-19-9-3-5-14-24(19)33-17-26(32)29-22/h2-6,9-11,14,22-23H,7-8,12-13,15-17H2,1H3,(H,28,31)(H,29,32)/b4-2+/t22-,23-/m1/s1. The van der Waals surface area contributed by atoms with E-state index in [1.165, 1.54) is 6.07 Å². The zero-order valence-corrected chi connectivity index (χ0v) is 18.9. The van der Waals surface area contributed by atoms with E-state index in [1.807, 2.05) is 24.3 Å². The Morgan fingerprint density at radius 3 is 2.94 bits per heavy atom. The highest BCUT2D eigenvalue weighted by Gasteiger charge is 2.33. The number of hydrogen-bond acceptors (Lipinski definition) is 4. The molecule has 2 heterocycles. The van der Waals surface area contributed by atoms with Crippen LogP contribution in [-0.2, 0) is 16.0 Å². The molecule has 2 aliphatic rings. The molecular weight excluding hydrogens is 421 g/mol. The van der Waals surface area contributed by atoms with Crippen LogP contribution in [-0.4, -0.2) is 48.5 Å². The van der Waals surface area contributed by atoms with Crippen molar-refractivity contribution in [2.45, 2.75) is 44.7 Å². The fraction of sp³-hybridized carbons (Fsp3) is 0.385. The number of benzene rings is 2. The average molecular weight is 452 g/mol. The Morgan fingerprint density at radius 2 is 2.06 bits per heavy atom. The topological polar surface area (TPSA) is 70.7 Å². The number of rotatable bonds is 3. The number of piperidine rings is 1. The molecule has 6 nitrogen and oxygen atoms in total. The van der Waals surface area contributed by atoms with Gasteiger partial charge in [-0.1, -0.05) is 36.4 Å².